The van der Waals surface area contributed by atoms with Crippen LogP contribution in [0.1, 0.15) is 31.2 Å². The Morgan fingerprint density at radius 3 is 2.85 bits per heavy atom. The molecular formula is C19H23ClFN3O2. The van der Waals surface area contributed by atoms with E-state index in [-0.39, 0.29) is 23.7 Å². The molecule has 2 bridgehead atoms. The van der Waals surface area contributed by atoms with E-state index in [0.29, 0.717) is 36.0 Å². The summed E-state index contributed by atoms with van der Waals surface area (Å²) in [5.41, 5.74) is 6.24. The summed E-state index contributed by atoms with van der Waals surface area (Å²) in [7, 11) is 0. The van der Waals surface area contributed by atoms with Crippen LogP contribution in [-0.2, 0) is 16.1 Å². The molecular weight excluding hydrogens is 357 g/mol. The molecule has 0 spiro atoms. The Hall–Kier alpha value is -1.66. The number of carbonyl (C=O) groups excluding carboxylic acids is 2. The van der Waals surface area contributed by atoms with E-state index in [1.54, 1.807) is 17.0 Å². The van der Waals surface area contributed by atoms with Crippen LogP contribution in [0.4, 0.5) is 4.39 Å². The SMILES string of the molecule is NC(=O)[C@H]1[C@@H]2C[C@@H](CN(Cc3cc(Cl)ccc3F)C2)[C@@H]2CCCC(=O)N21. The van der Waals surface area contributed by atoms with Crippen molar-refractivity contribution in [1.82, 2.24) is 9.80 Å². The van der Waals surface area contributed by atoms with Gasteiger partial charge in [0.1, 0.15) is 11.9 Å². The molecule has 2 amide bonds. The zero-order valence-corrected chi connectivity index (χ0v) is 15.3. The highest BCUT2D eigenvalue weighted by molar-refractivity contribution is 6.30. The molecule has 0 saturated carbocycles. The normalized spacial score (nSPS) is 31.6. The standard InChI is InChI=1S/C19H23ClFN3O2/c20-14-4-5-15(21)11(7-14)8-23-9-12-6-13(10-23)18(19(22)26)24-16(12)2-1-3-17(24)25/h4-5,7,12-13,16,18H,1-3,6,8-10H2,(H2,22,26)/t12-,13+,16-,18+/m0/s1. The minimum atomic E-state index is -0.545. The first-order valence-electron chi connectivity index (χ1n) is 9.21. The molecule has 3 heterocycles. The molecule has 3 aliphatic heterocycles. The van der Waals surface area contributed by atoms with E-state index in [1.807, 2.05) is 0 Å². The molecule has 0 aliphatic carbocycles. The van der Waals surface area contributed by atoms with Gasteiger partial charge in [-0.3, -0.25) is 14.5 Å². The summed E-state index contributed by atoms with van der Waals surface area (Å²) in [5.74, 6) is -0.340. The van der Waals surface area contributed by atoms with Crippen molar-refractivity contribution in [3.63, 3.8) is 0 Å². The quantitative estimate of drug-likeness (QED) is 0.875. The van der Waals surface area contributed by atoms with Crippen LogP contribution in [0.25, 0.3) is 0 Å². The number of halogens is 2. The predicted molar refractivity (Wildman–Crippen MR) is 95.8 cm³/mol. The number of nitrogens with two attached hydrogens (primary N) is 1. The van der Waals surface area contributed by atoms with Gasteiger partial charge in [0.2, 0.25) is 11.8 Å². The molecule has 140 valence electrons. The topological polar surface area (TPSA) is 66.6 Å². The first kappa shape index (κ1) is 17.7. The fourth-order valence-corrected chi connectivity index (χ4v) is 5.35. The lowest BCUT2D eigenvalue weighted by molar-refractivity contribution is -0.159. The number of hydrogen-bond acceptors (Lipinski definition) is 3. The molecule has 0 aromatic heterocycles. The van der Waals surface area contributed by atoms with Crippen molar-refractivity contribution >= 4 is 23.4 Å². The monoisotopic (exact) mass is 379 g/mol. The summed E-state index contributed by atoms with van der Waals surface area (Å²) in [5, 5.41) is 0.512. The third kappa shape index (κ3) is 3.09. The van der Waals surface area contributed by atoms with E-state index < -0.39 is 11.9 Å². The minimum absolute atomic E-state index is 0.00629. The number of fused-ring (bicyclic) bond motifs is 4. The molecule has 2 N–H and O–H groups in total. The highest BCUT2D eigenvalue weighted by atomic mass is 35.5. The summed E-state index contributed by atoms with van der Waals surface area (Å²) in [6.07, 6.45) is 3.16. The Morgan fingerprint density at radius 2 is 2.08 bits per heavy atom. The summed E-state index contributed by atoms with van der Waals surface area (Å²) >= 11 is 6.01. The van der Waals surface area contributed by atoms with E-state index in [0.717, 1.165) is 25.8 Å². The zero-order valence-electron chi connectivity index (χ0n) is 14.5. The number of primary amides is 1. The molecule has 4 atom stereocenters. The van der Waals surface area contributed by atoms with Gasteiger partial charge in [-0.15, -0.1) is 0 Å². The van der Waals surface area contributed by atoms with E-state index in [4.69, 9.17) is 17.3 Å². The molecule has 3 saturated heterocycles. The number of likely N-dealkylation sites (tertiary alicyclic amines) is 1. The van der Waals surface area contributed by atoms with Crippen LogP contribution < -0.4 is 5.73 Å². The summed E-state index contributed by atoms with van der Waals surface area (Å²) < 4.78 is 14.1. The lowest BCUT2D eigenvalue weighted by atomic mass is 9.72. The molecule has 3 aliphatic rings. The molecule has 7 heteroatoms. The van der Waals surface area contributed by atoms with Crippen molar-refractivity contribution in [1.29, 1.82) is 0 Å². The highest BCUT2D eigenvalue weighted by Crippen LogP contribution is 2.41. The van der Waals surface area contributed by atoms with Crippen LogP contribution in [0.3, 0.4) is 0 Å². The van der Waals surface area contributed by atoms with E-state index in [2.05, 4.69) is 4.90 Å². The van der Waals surface area contributed by atoms with Gasteiger partial charge in [-0.05, 0) is 43.4 Å². The third-order valence-electron chi connectivity index (χ3n) is 6.11. The molecule has 1 aromatic carbocycles. The largest absolute Gasteiger partial charge is 0.368 e. The Labute approximate surface area is 157 Å². The molecule has 5 nitrogen and oxygen atoms in total. The zero-order chi connectivity index (χ0) is 18.4. The second-order valence-corrected chi connectivity index (χ2v) is 8.23. The van der Waals surface area contributed by atoms with Crippen molar-refractivity contribution < 1.29 is 14.0 Å². The summed E-state index contributed by atoms with van der Waals surface area (Å²) in [6, 6.07) is 4.10. The van der Waals surface area contributed by atoms with Gasteiger partial charge in [0.25, 0.3) is 0 Å². The van der Waals surface area contributed by atoms with Gasteiger partial charge >= 0.3 is 0 Å². The van der Waals surface area contributed by atoms with Gasteiger partial charge in [0, 0.05) is 48.6 Å². The Balaban J connectivity index is 1.59. The number of hydrogen-bond donors (Lipinski definition) is 1. The summed E-state index contributed by atoms with van der Waals surface area (Å²) in [6.45, 7) is 1.88. The van der Waals surface area contributed by atoms with Crippen LogP contribution in [0.2, 0.25) is 5.02 Å². The van der Waals surface area contributed by atoms with Gasteiger partial charge in [0.05, 0.1) is 0 Å². The Morgan fingerprint density at radius 1 is 1.31 bits per heavy atom. The number of rotatable bonds is 3. The molecule has 3 fully saturated rings. The van der Waals surface area contributed by atoms with Crippen molar-refractivity contribution in [2.24, 2.45) is 17.6 Å². The number of amides is 2. The van der Waals surface area contributed by atoms with Crippen LogP contribution in [0, 0.1) is 17.7 Å². The molecule has 4 rings (SSSR count). The first-order chi connectivity index (χ1) is 12.4. The number of piperidine rings is 3. The first-order valence-corrected chi connectivity index (χ1v) is 9.58. The number of carbonyl (C=O) groups is 2. The van der Waals surface area contributed by atoms with Crippen molar-refractivity contribution in [2.45, 2.75) is 44.3 Å². The number of benzene rings is 1. The smallest absolute Gasteiger partial charge is 0.240 e. The average molecular weight is 380 g/mol. The Kier molecular flexibility index (Phi) is 4.65. The minimum Gasteiger partial charge on any atom is -0.368 e. The van der Waals surface area contributed by atoms with Gasteiger partial charge in [-0.25, -0.2) is 4.39 Å². The third-order valence-corrected chi connectivity index (χ3v) is 6.35. The van der Waals surface area contributed by atoms with Crippen molar-refractivity contribution in [3.8, 4) is 0 Å². The van der Waals surface area contributed by atoms with E-state index >= 15 is 0 Å². The van der Waals surface area contributed by atoms with Gasteiger partial charge < -0.3 is 10.6 Å². The molecule has 0 radical (unpaired) electrons. The molecule has 0 unspecified atom stereocenters. The molecule has 1 aromatic rings. The van der Waals surface area contributed by atoms with Crippen LogP contribution in [0.15, 0.2) is 18.2 Å². The van der Waals surface area contributed by atoms with E-state index in [9.17, 15) is 14.0 Å². The summed E-state index contributed by atoms with van der Waals surface area (Å²) in [4.78, 5) is 28.6. The van der Waals surface area contributed by atoms with Crippen molar-refractivity contribution in [2.75, 3.05) is 13.1 Å². The fraction of sp³-hybridized carbons (Fsp3) is 0.579. The fourth-order valence-electron chi connectivity index (χ4n) is 5.15. The van der Waals surface area contributed by atoms with Crippen LogP contribution >= 0.6 is 11.6 Å². The highest BCUT2D eigenvalue weighted by Gasteiger charge is 2.51. The maximum absolute atomic E-state index is 14.1. The molecule has 26 heavy (non-hydrogen) atoms. The van der Waals surface area contributed by atoms with Gasteiger partial charge in [-0.1, -0.05) is 11.6 Å². The second kappa shape index (κ2) is 6.82. The van der Waals surface area contributed by atoms with Crippen LogP contribution in [0.5, 0.6) is 0 Å². The number of nitrogens with zero attached hydrogens (tertiary/aromatic N) is 2. The lowest BCUT2D eigenvalue weighted by Crippen LogP contribution is -2.67. The second-order valence-electron chi connectivity index (χ2n) is 7.79. The van der Waals surface area contributed by atoms with Gasteiger partial charge in [-0.2, -0.15) is 0 Å². The predicted octanol–water partition coefficient (Wildman–Crippen LogP) is 2.17. The Bertz CT molecular complexity index is 743. The van der Waals surface area contributed by atoms with Gasteiger partial charge in [0.15, 0.2) is 0 Å². The van der Waals surface area contributed by atoms with Crippen molar-refractivity contribution in [3.05, 3.63) is 34.6 Å². The average Bonchev–Trinajstić information content (AvgIpc) is 2.59. The van der Waals surface area contributed by atoms with E-state index in [1.165, 1.54) is 6.07 Å². The lowest BCUT2D eigenvalue weighted by Gasteiger charge is -2.55. The van der Waals surface area contributed by atoms with Crippen LogP contribution in [-0.4, -0.2) is 46.8 Å². The maximum Gasteiger partial charge on any atom is 0.240 e. The maximum atomic E-state index is 14.1.